The summed E-state index contributed by atoms with van der Waals surface area (Å²) >= 11 is 4.98. The molecule has 0 radical (unpaired) electrons. The summed E-state index contributed by atoms with van der Waals surface area (Å²) < 4.78 is 13.6. The van der Waals surface area contributed by atoms with E-state index in [-0.39, 0.29) is 0 Å². The van der Waals surface area contributed by atoms with Crippen LogP contribution in [0.3, 0.4) is 0 Å². The van der Waals surface area contributed by atoms with Gasteiger partial charge in [0.15, 0.2) is 5.16 Å². The molecule has 0 amide bonds. The minimum absolute atomic E-state index is 0.494. The van der Waals surface area contributed by atoms with Crippen LogP contribution in [0.5, 0.6) is 0 Å². The zero-order valence-corrected chi connectivity index (χ0v) is 14.7. The fourth-order valence-corrected chi connectivity index (χ4v) is 3.11. The minimum atomic E-state index is 0.494. The maximum absolute atomic E-state index is 5.71. The summed E-state index contributed by atoms with van der Waals surface area (Å²) in [4.78, 5) is 0. The maximum atomic E-state index is 5.71. The summed E-state index contributed by atoms with van der Waals surface area (Å²) in [5, 5.41) is 17.0. The van der Waals surface area contributed by atoms with Gasteiger partial charge >= 0.3 is 0 Å². The summed E-state index contributed by atoms with van der Waals surface area (Å²) in [5.74, 6) is 1.57. The van der Waals surface area contributed by atoms with Crippen molar-refractivity contribution in [3.05, 3.63) is 41.0 Å². The number of halogens is 1. The van der Waals surface area contributed by atoms with Crippen LogP contribution in [0.25, 0.3) is 11.5 Å². The molecule has 2 aromatic heterocycles. The number of nitrogens with zero attached hydrogens (tertiary/aromatic N) is 5. The molecule has 0 fully saturated rings. The lowest BCUT2D eigenvalue weighted by atomic mass is 10.2. The van der Waals surface area contributed by atoms with Crippen molar-refractivity contribution in [1.82, 2.24) is 25.0 Å². The Morgan fingerprint density at radius 2 is 2.13 bits per heavy atom. The standard InChI is InChI=1S/C14H14BrN5O2S/c1-21-7-6-20-9-16-19-14(20)23-8-12-17-18-13(22-12)10-4-2-3-5-11(10)15/h2-5,9H,6-8H2,1H3. The van der Waals surface area contributed by atoms with Gasteiger partial charge < -0.3 is 13.7 Å². The first-order valence-electron chi connectivity index (χ1n) is 6.84. The second-order valence-electron chi connectivity index (χ2n) is 4.57. The van der Waals surface area contributed by atoms with Gasteiger partial charge in [0, 0.05) is 18.1 Å². The van der Waals surface area contributed by atoms with Crippen molar-refractivity contribution in [2.24, 2.45) is 0 Å². The van der Waals surface area contributed by atoms with Crippen molar-refractivity contribution >= 4 is 27.7 Å². The van der Waals surface area contributed by atoms with Crippen LogP contribution in [-0.4, -0.2) is 38.7 Å². The molecule has 9 heteroatoms. The molecular formula is C14H14BrN5O2S. The van der Waals surface area contributed by atoms with Crippen LogP contribution in [0.2, 0.25) is 0 Å². The smallest absolute Gasteiger partial charge is 0.248 e. The van der Waals surface area contributed by atoms with E-state index in [0.717, 1.165) is 15.2 Å². The number of thioether (sulfide) groups is 1. The Balaban J connectivity index is 1.66. The van der Waals surface area contributed by atoms with Crippen molar-refractivity contribution < 1.29 is 9.15 Å². The van der Waals surface area contributed by atoms with Crippen LogP contribution < -0.4 is 0 Å². The molecule has 7 nitrogen and oxygen atoms in total. The van der Waals surface area contributed by atoms with E-state index in [0.29, 0.717) is 30.7 Å². The third-order valence-electron chi connectivity index (χ3n) is 3.01. The highest BCUT2D eigenvalue weighted by Crippen LogP contribution is 2.28. The van der Waals surface area contributed by atoms with Gasteiger partial charge in [-0.3, -0.25) is 0 Å². The fraction of sp³-hybridized carbons (Fsp3) is 0.286. The Morgan fingerprint density at radius 3 is 2.96 bits per heavy atom. The summed E-state index contributed by atoms with van der Waals surface area (Å²) in [6.45, 7) is 1.32. The number of hydrogen-bond donors (Lipinski definition) is 0. The molecule has 0 aliphatic rings. The predicted molar refractivity (Wildman–Crippen MR) is 88.9 cm³/mol. The highest BCUT2D eigenvalue weighted by Gasteiger charge is 2.13. The molecule has 0 bridgehead atoms. The number of benzene rings is 1. The molecule has 23 heavy (non-hydrogen) atoms. The van der Waals surface area contributed by atoms with Gasteiger partial charge in [-0.25, -0.2) is 0 Å². The van der Waals surface area contributed by atoms with E-state index in [4.69, 9.17) is 9.15 Å². The second kappa shape index (κ2) is 7.71. The summed E-state index contributed by atoms with van der Waals surface area (Å²) in [7, 11) is 1.67. The second-order valence-corrected chi connectivity index (χ2v) is 6.37. The van der Waals surface area contributed by atoms with Crippen LogP contribution >= 0.6 is 27.7 Å². The van der Waals surface area contributed by atoms with Crippen LogP contribution in [0.4, 0.5) is 0 Å². The fourth-order valence-electron chi connectivity index (χ4n) is 1.88. The quantitative estimate of drug-likeness (QED) is 0.568. The highest BCUT2D eigenvalue weighted by atomic mass is 79.9. The minimum Gasteiger partial charge on any atom is -0.420 e. The molecule has 0 atom stereocenters. The van der Waals surface area contributed by atoms with Gasteiger partial charge in [0.1, 0.15) is 6.33 Å². The van der Waals surface area contributed by atoms with Crippen LogP contribution in [-0.2, 0) is 17.0 Å². The maximum Gasteiger partial charge on any atom is 0.248 e. The van der Waals surface area contributed by atoms with Gasteiger partial charge in [-0.2, -0.15) is 0 Å². The van der Waals surface area contributed by atoms with E-state index in [2.05, 4.69) is 36.3 Å². The lowest BCUT2D eigenvalue weighted by molar-refractivity contribution is 0.184. The van der Waals surface area contributed by atoms with E-state index >= 15 is 0 Å². The van der Waals surface area contributed by atoms with Crippen molar-refractivity contribution in [1.29, 1.82) is 0 Å². The lowest BCUT2D eigenvalue weighted by Gasteiger charge is -2.03. The molecule has 1 aromatic carbocycles. The zero-order valence-electron chi connectivity index (χ0n) is 12.3. The first-order chi connectivity index (χ1) is 11.3. The summed E-state index contributed by atoms with van der Waals surface area (Å²) in [5.41, 5.74) is 0.875. The zero-order chi connectivity index (χ0) is 16.1. The Bertz CT molecular complexity index is 776. The van der Waals surface area contributed by atoms with Gasteiger partial charge in [0.05, 0.1) is 17.9 Å². The Morgan fingerprint density at radius 1 is 1.26 bits per heavy atom. The lowest BCUT2D eigenvalue weighted by Crippen LogP contribution is -2.04. The Hall–Kier alpha value is -1.71. The molecule has 0 saturated heterocycles. The molecular weight excluding hydrogens is 382 g/mol. The molecule has 120 valence electrons. The number of hydrogen-bond acceptors (Lipinski definition) is 7. The Labute approximate surface area is 145 Å². The predicted octanol–water partition coefficient (Wildman–Crippen LogP) is 3.03. The van der Waals surface area contributed by atoms with Crippen molar-refractivity contribution in [2.75, 3.05) is 13.7 Å². The largest absolute Gasteiger partial charge is 0.420 e. The normalized spacial score (nSPS) is 11.0. The number of rotatable bonds is 7. The molecule has 3 rings (SSSR count). The number of methoxy groups -OCH3 is 1. The monoisotopic (exact) mass is 395 g/mol. The molecule has 0 unspecified atom stereocenters. The number of ether oxygens (including phenoxy) is 1. The topological polar surface area (TPSA) is 78.9 Å². The van der Waals surface area contributed by atoms with E-state index in [1.807, 2.05) is 28.8 Å². The van der Waals surface area contributed by atoms with E-state index < -0.39 is 0 Å². The first kappa shape index (κ1) is 16.2. The van der Waals surface area contributed by atoms with E-state index in [1.165, 1.54) is 11.8 Å². The molecule has 3 aromatic rings. The molecule has 0 saturated carbocycles. The van der Waals surface area contributed by atoms with Gasteiger partial charge in [0.2, 0.25) is 11.8 Å². The highest BCUT2D eigenvalue weighted by molar-refractivity contribution is 9.10. The van der Waals surface area contributed by atoms with E-state index in [1.54, 1.807) is 13.4 Å². The Kier molecular flexibility index (Phi) is 5.42. The van der Waals surface area contributed by atoms with Crippen molar-refractivity contribution in [2.45, 2.75) is 17.5 Å². The average molecular weight is 396 g/mol. The first-order valence-corrected chi connectivity index (χ1v) is 8.62. The van der Waals surface area contributed by atoms with Crippen LogP contribution in [0.15, 0.2) is 44.6 Å². The summed E-state index contributed by atoms with van der Waals surface area (Å²) in [6, 6.07) is 7.73. The third-order valence-corrected chi connectivity index (χ3v) is 4.67. The molecule has 0 spiro atoms. The van der Waals surface area contributed by atoms with Crippen molar-refractivity contribution in [3.63, 3.8) is 0 Å². The van der Waals surface area contributed by atoms with Gasteiger partial charge in [0.25, 0.3) is 0 Å². The number of aromatic nitrogens is 5. The molecule has 0 aliphatic heterocycles. The molecule has 0 N–H and O–H groups in total. The van der Waals surface area contributed by atoms with Gasteiger partial charge in [-0.15, -0.1) is 20.4 Å². The van der Waals surface area contributed by atoms with Gasteiger partial charge in [-0.05, 0) is 28.1 Å². The van der Waals surface area contributed by atoms with Gasteiger partial charge in [-0.1, -0.05) is 23.9 Å². The molecule has 2 heterocycles. The van der Waals surface area contributed by atoms with E-state index in [9.17, 15) is 0 Å². The third kappa shape index (κ3) is 3.98. The summed E-state index contributed by atoms with van der Waals surface area (Å²) in [6.07, 6.45) is 1.68. The van der Waals surface area contributed by atoms with Crippen LogP contribution in [0, 0.1) is 0 Å². The van der Waals surface area contributed by atoms with Crippen LogP contribution in [0.1, 0.15) is 5.89 Å². The average Bonchev–Trinajstić information content (AvgIpc) is 3.20. The SMILES string of the molecule is COCCn1cnnc1SCc1nnc(-c2ccccc2Br)o1. The molecule has 0 aliphatic carbocycles. The van der Waals surface area contributed by atoms with Crippen molar-refractivity contribution in [3.8, 4) is 11.5 Å².